The molecule has 0 aliphatic heterocycles. The Balaban J connectivity index is 2.77. The zero-order valence-electron chi connectivity index (χ0n) is 11.8. The van der Waals surface area contributed by atoms with E-state index in [1.807, 2.05) is 13.8 Å². The van der Waals surface area contributed by atoms with Crippen molar-refractivity contribution >= 4 is 5.78 Å². The molecule has 0 saturated heterocycles. The van der Waals surface area contributed by atoms with Gasteiger partial charge in [-0.1, -0.05) is 26.0 Å². The molecule has 0 spiro atoms. The van der Waals surface area contributed by atoms with Gasteiger partial charge in [-0.15, -0.1) is 0 Å². The molecule has 1 fully saturated rings. The van der Waals surface area contributed by atoms with Gasteiger partial charge in [-0.3, -0.25) is 4.79 Å². The largest absolute Gasteiger partial charge is 0.367 e. The van der Waals surface area contributed by atoms with E-state index < -0.39 is 5.60 Å². The van der Waals surface area contributed by atoms with Crippen molar-refractivity contribution in [3.8, 4) is 0 Å². The third-order valence-corrected chi connectivity index (χ3v) is 3.80. The molecule has 1 aliphatic carbocycles. The minimum Gasteiger partial charge on any atom is -0.367 e. The topological polar surface area (TPSA) is 26.3 Å². The lowest BCUT2D eigenvalue weighted by molar-refractivity contribution is -0.151. The standard InChI is InChI=1S/C15H26O2/c1-6-17-15(13(16)11-12(2)3)9-7-14(4,5)8-10-15/h2,6-11H2,1,3-5H3. The van der Waals surface area contributed by atoms with Gasteiger partial charge in [0, 0.05) is 13.0 Å². The Morgan fingerprint density at radius 2 is 1.76 bits per heavy atom. The maximum Gasteiger partial charge on any atom is 0.168 e. The van der Waals surface area contributed by atoms with Crippen LogP contribution >= 0.6 is 0 Å². The zero-order chi connectivity index (χ0) is 13.1. The lowest BCUT2D eigenvalue weighted by Crippen LogP contribution is -2.46. The first kappa shape index (κ1) is 14.4. The van der Waals surface area contributed by atoms with Crippen molar-refractivity contribution in [2.75, 3.05) is 6.61 Å². The molecule has 0 radical (unpaired) electrons. The molecule has 0 atom stereocenters. The van der Waals surface area contributed by atoms with Crippen LogP contribution in [-0.4, -0.2) is 18.0 Å². The molecular weight excluding hydrogens is 212 g/mol. The minimum absolute atomic E-state index is 0.224. The van der Waals surface area contributed by atoms with Crippen molar-refractivity contribution in [3.63, 3.8) is 0 Å². The van der Waals surface area contributed by atoms with Gasteiger partial charge in [0.05, 0.1) is 0 Å². The fraction of sp³-hybridized carbons (Fsp3) is 0.800. The summed E-state index contributed by atoms with van der Waals surface area (Å²) >= 11 is 0. The van der Waals surface area contributed by atoms with E-state index >= 15 is 0 Å². The van der Waals surface area contributed by atoms with Gasteiger partial charge < -0.3 is 4.74 Å². The first-order valence-corrected chi connectivity index (χ1v) is 6.63. The van der Waals surface area contributed by atoms with Gasteiger partial charge in [0.1, 0.15) is 5.60 Å². The quantitative estimate of drug-likeness (QED) is 0.679. The molecule has 1 saturated carbocycles. The van der Waals surface area contributed by atoms with Gasteiger partial charge in [-0.05, 0) is 44.9 Å². The maximum atomic E-state index is 12.3. The smallest absolute Gasteiger partial charge is 0.168 e. The second-order valence-corrected chi connectivity index (χ2v) is 6.15. The Labute approximate surface area is 105 Å². The maximum absolute atomic E-state index is 12.3. The number of carbonyl (C=O) groups excluding carboxylic acids is 1. The summed E-state index contributed by atoms with van der Waals surface area (Å²) < 4.78 is 5.84. The number of rotatable bonds is 5. The molecule has 0 aromatic rings. The van der Waals surface area contributed by atoms with E-state index in [0.29, 0.717) is 18.4 Å². The molecule has 0 aromatic heterocycles. The summed E-state index contributed by atoms with van der Waals surface area (Å²) in [5.74, 6) is 0.224. The van der Waals surface area contributed by atoms with Crippen molar-refractivity contribution in [1.82, 2.24) is 0 Å². The van der Waals surface area contributed by atoms with Crippen LogP contribution in [0.2, 0.25) is 0 Å². The number of hydrogen-bond acceptors (Lipinski definition) is 2. The fourth-order valence-electron chi connectivity index (χ4n) is 2.55. The van der Waals surface area contributed by atoms with Crippen molar-refractivity contribution in [3.05, 3.63) is 12.2 Å². The fourth-order valence-corrected chi connectivity index (χ4v) is 2.55. The summed E-state index contributed by atoms with van der Waals surface area (Å²) in [6.45, 7) is 12.9. The van der Waals surface area contributed by atoms with Crippen LogP contribution in [0.5, 0.6) is 0 Å². The van der Waals surface area contributed by atoms with Crippen LogP contribution in [-0.2, 0) is 9.53 Å². The molecule has 0 unspecified atom stereocenters. The Hall–Kier alpha value is -0.630. The summed E-state index contributed by atoms with van der Waals surface area (Å²) in [5, 5.41) is 0. The molecular formula is C15H26O2. The number of carbonyl (C=O) groups is 1. The van der Waals surface area contributed by atoms with E-state index in [-0.39, 0.29) is 5.78 Å². The molecule has 2 heteroatoms. The first-order chi connectivity index (χ1) is 7.81. The van der Waals surface area contributed by atoms with Gasteiger partial charge in [0.25, 0.3) is 0 Å². The first-order valence-electron chi connectivity index (χ1n) is 6.63. The molecule has 98 valence electrons. The van der Waals surface area contributed by atoms with E-state index in [0.717, 1.165) is 31.3 Å². The third kappa shape index (κ3) is 3.67. The normalized spacial score (nSPS) is 22.1. The summed E-state index contributed by atoms with van der Waals surface area (Å²) in [7, 11) is 0. The van der Waals surface area contributed by atoms with Crippen LogP contribution < -0.4 is 0 Å². The van der Waals surface area contributed by atoms with Gasteiger partial charge in [-0.2, -0.15) is 0 Å². The summed E-state index contributed by atoms with van der Waals surface area (Å²) in [6.07, 6.45) is 4.31. The lowest BCUT2D eigenvalue weighted by atomic mass is 9.69. The van der Waals surface area contributed by atoms with E-state index in [2.05, 4.69) is 20.4 Å². The van der Waals surface area contributed by atoms with Crippen molar-refractivity contribution in [2.45, 2.75) is 65.4 Å². The van der Waals surface area contributed by atoms with Crippen LogP contribution in [0, 0.1) is 5.41 Å². The minimum atomic E-state index is -0.525. The molecule has 0 amide bonds. The van der Waals surface area contributed by atoms with E-state index in [4.69, 9.17) is 4.74 Å². The molecule has 2 nitrogen and oxygen atoms in total. The Bertz CT molecular complexity index is 292. The second kappa shape index (κ2) is 5.34. The molecule has 0 heterocycles. The Morgan fingerprint density at radius 3 is 2.18 bits per heavy atom. The SMILES string of the molecule is C=C(C)CC(=O)C1(OCC)CCC(C)(C)CC1. The van der Waals surface area contributed by atoms with Crippen LogP contribution in [0.3, 0.4) is 0 Å². The van der Waals surface area contributed by atoms with Crippen molar-refractivity contribution in [2.24, 2.45) is 5.41 Å². The number of ketones is 1. The lowest BCUT2D eigenvalue weighted by Gasteiger charge is -2.42. The predicted octanol–water partition coefficient (Wildman–Crippen LogP) is 3.90. The Morgan fingerprint density at radius 1 is 1.24 bits per heavy atom. The van der Waals surface area contributed by atoms with Gasteiger partial charge in [0.15, 0.2) is 5.78 Å². The highest BCUT2D eigenvalue weighted by Gasteiger charge is 2.43. The molecule has 1 aliphatic rings. The number of allylic oxidation sites excluding steroid dienone is 1. The monoisotopic (exact) mass is 238 g/mol. The second-order valence-electron chi connectivity index (χ2n) is 6.15. The van der Waals surface area contributed by atoms with Crippen molar-refractivity contribution < 1.29 is 9.53 Å². The van der Waals surface area contributed by atoms with E-state index in [1.165, 1.54) is 0 Å². The van der Waals surface area contributed by atoms with E-state index in [1.54, 1.807) is 0 Å². The van der Waals surface area contributed by atoms with Gasteiger partial charge in [0.2, 0.25) is 0 Å². The molecule has 1 rings (SSSR count). The van der Waals surface area contributed by atoms with Crippen LogP contribution in [0.25, 0.3) is 0 Å². The zero-order valence-corrected chi connectivity index (χ0v) is 11.8. The number of Topliss-reactive ketones (excluding diaryl/α,β-unsaturated/α-hetero) is 1. The third-order valence-electron chi connectivity index (χ3n) is 3.80. The average Bonchev–Trinajstić information content (AvgIpc) is 2.21. The molecule has 0 bridgehead atoms. The predicted molar refractivity (Wildman–Crippen MR) is 71.0 cm³/mol. The highest BCUT2D eigenvalue weighted by Crippen LogP contribution is 2.43. The van der Waals surface area contributed by atoms with Crippen LogP contribution in [0.4, 0.5) is 0 Å². The highest BCUT2D eigenvalue weighted by molar-refractivity contribution is 5.89. The van der Waals surface area contributed by atoms with E-state index in [9.17, 15) is 4.79 Å². The molecule has 17 heavy (non-hydrogen) atoms. The van der Waals surface area contributed by atoms with Crippen LogP contribution in [0.15, 0.2) is 12.2 Å². The van der Waals surface area contributed by atoms with Crippen molar-refractivity contribution in [1.29, 1.82) is 0 Å². The summed E-state index contributed by atoms with van der Waals surface area (Å²) in [5.41, 5.74) is 0.756. The van der Waals surface area contributed by atoms with Gasteiger partial charge >= 0.3 is 0 Å². The number of ether oxygens (including phenoxy) is 1. The highest BCUT2D eigenvalue weighted by atomic mass is 16.5. The number of hydrogen-bond donors (Lipinski definition) is 0. The molecule has 0 N–H and O–H groups in total. The summed E-state index contributed by atoms with van der Waals surface area (Å²) in [6, 6.07) is 0. The van der Waals surface area contributed by atoms with Crippen LogP contribution in [0.1, 0.15) is 59.8 Å². The average molecular weight is 238 g/mol. The van der Waals surface area contributed by atoms with Gasteiger partial charge in [-0.25, -0.2) is 0 Å². The molecule has 0 aromatic carbocycles. The summed E-state index contributed by atoms with van der Waals surface area (Å²) in [4.78, 5) is 12.3. The Kier molecular flexibility index (Phi) is 4.54.